The number of carbonyl (C=O) groups excluding carboxylic acids is 2. The van der Waals surface area contributed by atoms with E-state index in [1.807, 2.05) is 54.6 Å². The van der Waals surface area contributed by atoms with Gasteiger partial charge in [0.2, 0.25) is 0 Å². The molecule has 0 saturated carbocycles. The Morgan fingerprint density at radius 3 is 2.52 bits per heavy atom. The van der Waals surface area contributed by atoms with Crippen molar-refractivity contribution in [3.8, 4) is 0 Å². The molecule has 1 saturated heterocycles. The number of nitrogens with one attached hydrogen (secondary N) is 2. The van der Waals surface area contributed by atoms with Gasteiger partial charge in [0, 0.05) is 50.3 Å². The van der Waals surface area contributed by atoms with Gasteiger partial charge in [-0.1, -0.05) is 36.4 Å². The second-order valence-electron chi connectivity index (χ2n) is 8.36. The molecule has 1 aliphatic rings. The maximum Gasteiger partial charge on any atom is 0.256 e. The van der Waals surface area contributed by atoms with E-state index in [1.54, 1.807) is 13.2 Å². The van der Waals surface area contributed by atoms with Gasteiger partial charge >= 0.3 is 0 Å². The third kappa shape index (κ3) is 5.52. The van der Waals surface area contributed by atoms with Gasteiger partial charge in [-0.3, -0.25) is 9.59 Å². The van der Waals surface area contributed by atoms with E-state index in [0.717, 1.165) is 48.8 Å². The van der Waals surface area contributed by atoms with E-state index < -0.39 is 0 Å². The second-order valence-corrected chi connectivity index (χ2v) is 8.36. The standard InChI is InChI=1S/C27H31N3O3/c1-33-18-8-15-28-26(31)24-19-21(13-14-25(24)30-16-5-2-6-17-30)29-27(32)23-12-7-10-20-9-3-4-11-22(20)23/h3-4,7,9-14,19H,2,5-6,8,15-18H2,1H3,(H,28,31)(H,29,32). The van der Waals surface area contributed by atoms with Gasteiger partial charge in [0.15, 0.2) is 0 Å². The van der Waals surface area contributed by atoms with Crippen LogP contribution in [0.1, 0.15) is 46.4 Å². The molecule has 0 spiro atoms. The molecule has 0 unspecified atom stereocenters. The van der Waals surface area contributed by atoms with E-state index in [2.05, 4.69) is 15.5 Å². The number of hydrogen-bond donors (Lipinski definition) is 2. The Hall–Kier alpha value is -3.38. The third-order valence-electron chi connectivity index (χ3n) is 6.04. The summed E-state index contributed by atoms with van der Waals surface area (Å²) in [7, 11) is 1.65. The number of piperidine rings is 1. The molecule has 4 rings (SSSR count). The fourth-order valence-electron chi connectivity index (χ4n) is 4.34. The van der Waals surface area contributed by atoms with Crippen molar-refractivity contribution in [2.45, 2.75) is 25.7 Å². The molecular weight excluding hydrogens is 414 g/mol. The first-order valence-corrected chi connectivity index (χ1v) is 11.6. The average Bonchev–Trinajstić information content (AvgIpc) is 2.86. The van der Waals surface area contributed by atoms with Gasteiger partial charge in [-0.2, -0.15) is 0 Å². The summed E-state index contributed by atoms with van der Waals surface area (Å²) < 4.78 is 5.08. The van der Waals surface area contributed by atoms with E-state index in [4.69, 9.17) is 4.74 Å². The molecule has 0 bridgehead atoms. The maximum atomic E-state index is 13.1. The molecule has 3 aromatic carbocycles. The van der Waals surface area contributed by atoms with Crippen LogP contribution in [0.2, 0.25) is 0 Å². The number of benzene rings is 3. The summed E-state index contributed by atoms with van der Waals surface area (Å²) in [5.41, 5.74) is 2.72. The van der Waals surface area contributed by atoms with Crippen molar-refractivity contribution in [3.63, 3.8) is 0 Å². The predicted molar refractivity (Wildman–Crippen MR) is 133 cm³/mol. The number of rotatable bonds is 8. The van der Waals surface area contributed by atoms with Crippen LogP contribution in [0, 0.1) is 0 Å². The molecule has 33 heavy (non-hydrogen) atoms. The van der Waals surface area contributed by atoms with Crippen LogP contribution in [0.5, 0.6) is 0 Å². The minimum atomic E-state index is -0.191. The molecular formula is C27H31N3O3. The Kier molecular flexibility index (Phi) is 7.58. The number of hydrogen-bond acceptors (Lipinski definition) is 4. The largest absolute Gasteiger partial charge is 0.385 e. The second kappa shape index (κ2) is 11.0. The zero-order valence-corrected chi connectivity index (χ0v) is 19.1. The van der Waals surface area contributed by atoms with Crippen LogP contribution in [0.3, 0.4) is 0 Å². The van der Waals surface area contributed by atoms with Crippen LogP contribution in [-0.4, -0.2) is 45.2 Å². The van der Waals surface area contributed by atoms with Gasteiger partial charge in [-0.25, -0.2) is 0 Å². The number of anilines is 2. The van der Waals surface area contributed by atoms with Crippen LogP contribution in [0.25, 0.3) is 10.8 Å². The maximum absolute atomic E-state index is 13.1. The minimum absolute atomic E-state index is 0.132. The lowest BCUT2D eigenvalue weighted by molar-refractivity contribution is 0.0947. The van der Waals surface area contributed by atoms with Gasteiger partial charge in [-0.15, -0.1) is 0 Å². The molecule has 2 amide bonds. The van der Waals surface area contributed by atoms with Crippen LogP contribution in [0.4, 0.5) is 11.4 Å². The van der Waals surface area contributed by atoms with E-state index in [-0.39, 0.29) is 11.8 Å². The zero-order chi connectivity index (χ0) is 23.0. The average molecular weight is 446 g/mol. The molecule has 1 aliphatic heterocycles. The first kappa shape index (κ1) is 22.8. The molecule has 0 atom stereocenters. The zero-order valence-electron chi connectivity index (χ0n) is 19.1. The Bertz CT molecular complexity index is 1120. The van der Waals surface area contributed by atoms with E-state index in [0.29, 0.717) is 30.0 Å². The summed E-state index contributed by atoms with van der Waals surface area (Å²) in [6.07, 6.45) is 4.20. The number of methoxy groups -OCH3 is 1. The van der Waals surface area contributed by atoms with Crippen molar-refractivity contribution >= 4 is 34.0 Å². The molecule has 1 heterocycles. The number of carbonyl (C=O) groups is 2. The molecule has 172 valence electrons. The Labute approximate surface area is 194 Å². The van der Waals surface area contributed by atoms with Gasteiger partial charge in [0.25, 0.3) is 11.8 Å². The highest BCUT2D eigenvalue weighted by Gasteiger charge is 2.20. The SMILES string of the molecule is COCCCNC(=O)c1cc(NC(=O)c2cccc3ccccc23)ccc1N1CCCCC1. The summed E-state index contributed by atoms with van der Waals surface area (Å²) in [4.78, 5) is 28.4. The van der Waals surface area contributed by atoms with E-state index in [1.165, 1.54) is 6.42 Å². The van der Waals surface area contributed by atoms with Crippen molar-refractivity contribution in [1.29, 1.82) is 0 Å². The van der Waals surface area contributed by atoms with Gasteiger partial charge < -0.3 is 20.3 Å². The van der Waals surface area contributed by atoms with E-state index >= 15 is 0 Å². The Balaban J connectivity index is 1.58. The molecule has 6 nitrogen and oxygen atoms in total. The highest BCUT2D eigenvalue weighted by Crippen LogP contribution is 2.28. The molecule has 0 radical (unpaired) electrons. The lowest BCUT2D eigenvalue weighted by Gasteiger charge is -2.30. The molecule has 6 heteroatoms. The number of ether oxygens (including phenoxy) is 1. The van der Waals surface area contributed by atoms with Crippen LogP contribution < -0.4 is 15.5 Å². The van der Waals surface area contributed by atoms with Gasteiger partial charge in [0.1, 0.15) is 0 Å². The predicted octanol–water partition coefficient (Wildman–Crippen LogP) is 4.85. The van der Waals surface area contributed by atoms with Crippen molar-refractivity contribution in [1.82, 2.24) is 5.32 Å². The first-order valence-electron chi connectivity index (χ1n) is 11.6. The summed E-state index contributed by atoms with van der Waals surface area (Å²) in [6.45, 7) is 3.01. The lowest BCUT2D eigenvalue weighted by atomic mass is 10.0. The van der Waals surface area contributed by atoms with Crippen molar-refractivity contribution in [2.24, 2.45) is 0 Å². The first-order chi connectivity index (χ1) is 16.2. The topological polar surface area (TPSA) is 70.7 Å². The number of nitrogens with zero attached hydrogens (tertiary/aromatic N) is 1. The van der Waals surface area contributed by atoms with E-state index in [9.17, 15) is 9.59 Å². The molecule has 3 aromatic rings. The summed E-state index contributed by atoms with van der Waals surface area (Å²) >= 11 is 0. The highest BCUT2D eigenvalue weighted by atomic mass is 16.5. The van der Waals surface area contributed by atoms with Crippen molar-refractivity contribution in [3.05, 3.63) is 71.8 Å². The Morgan fingerprint density at radius 2 is 1.70 bits per heavy atom. The summed E-state index contributed by atoms with van der Waals surface area (Å²) in [5.74, 6) is -0.322. The fourth-order valence-corrected chi connectivity index (χ4v) is 4.34. The smallest absolute Gasteiger partial charge is 0.256 e. The fraction of sp³-hybridized carbons (Fsp3) is 0.333. The molecule has 1 fully saturated rings. The van der Waals surface area contributed by atoms with Crippen molar-refractivity contribution in [2.75, 3.05) is 43.6 Å². The number of fused-ring (bicyclic) bond motifs is 1. The highest BCUT2D eigenvalue weighted by molar-refractivity contribution is 6.13. The Morgan fingerprint density at radius 1 is 0.909 bits per heavy atom. The molecule has 0 aliphatic carbocycles. The lowest BCUT2D eigenvalue weighted by Crippen LogP contribution is -2.33. The quantitative estimate of drug-likeness (QED) is 0.487. The van der Waals surface area contributed by atoms with Crippen LogP contribution >= 0.6 is 0 Å². The summed E-state index contributed by atoms with van der Waals surface area (Å²) in [6, 6.07) is 19.2. The molecule has 2 N–H and O–H groups in total. The minimum Gasteiger partial charge on any atom is -0.385 e. The van der Waals surface area contributed by atoms with Crippen LogP contribution in [-0.2, 0) is 4.74 Å². The molecule has 0 aromatic heterocycles. The van der Waals surface area contributed by atoms with Gasteiger partial charge in [-0.05, 0) is 60.7 Å². The van der Waals surface area contributed by atoms with Gasteiger partial charge in [0.05, 0.1) is 5.56 Å². The summed E-state index contributed by atoms with van der Waals surface area (Å²) in [5, 5.41) is 7.90. The van der Waals surface area contributed by atoms with Crippen LogP contribution in [0.15, 0.2) is 60.7 Å². The third-order valence-corrected chi connectivity index (χ3v) is 6.04. The normalized spacial score (nSPS) is 13.7. The monoisotopic (exact) mass is 445 g/mol. The number of amides is 2. The van der Waals surface area contributed by atoms with Crippen molar-refractivity contribution < 1.29 is 14.3 Å².